The largest absolute Gasteiger partial charge is 0.304 e. The first-order valence-electron chi connectivity index (χ1n) is 11.5. The quantitative estimate of drug-likeness (QED) is 0.598. The van der Waals surface area contributed by atoms with Gasteiger partial charge in [-0.15, -0.1) is 5.10 Å². The molecule has 1 aliphatic heterocycles. The Balaban J connectivity index is 1.21. The lowest BCUT2D eigenvalue weighted by Crippen LogP contribution is -2.46. The van der Waals surface area contributed by atoms with Gasteiger partial charge in [0, 0.05) is 51.4 Å². The second kappa shape index (κ2) is 9.36. The van der Waals surface area contributed by atoms with Gasteiger partial charge in [0.1, 0.15) is 23.1 Å². The molecule has 1 saturated carbocycles. The lowest BCUT2D eigenvalue weighted by atomic mass is 10.2. The molecule has 0 unspecified atom stereocenters. The van der Waals surface area contributed by atoms with E-state index in [0.717, 1.165) is 44.3 Å². The van der Waals surface area contributed by atoms with E-state index in [4.69, 9.17) is 0 Å². The Kier molecular flexibility index (Phi) is 6.15. The molecule has 1 aromatic carbocycles. The zero-order valence-corrected chi connectivity index (χ0v) is 18.7. The number of amides is 1. The number of carbonyl (C=O) groups excluding carboxylic acids is 1. The molecule has 172 valence electrons. The van der Waals surface area contributed by atoms with Crippen LogP contribution in [0, 0.1) is 5.82 Å². The van der Waals surface area contributed by atoms with Crippen LogP contribution in [0.4, 0.5) is 10.2 Å². The van der Waals surface area contributed by atoms with E-state index in [0.29, 0.717) is 18.1 Å². The Bertz CT molecular complexity index is 1120. The maximum absolute atomic E-state index is 14.2. The minimum atomic E-state index is -0.476. The van der Waals surface area contributed by atoms with Gasteiger partial charge in [-0.2, -0.15) is 0 Å². The molecule has 8 nitrogen and oxygen atoms in total. The van der Waals surface area contributed by atoms with Crippen LogP contribution in [0.25, 0.3) is 5.69 Å². The van der Waals surface area contributed by atoms with E-state index in [1.807, 2.05) is 13.0 Å². The SMILES string of the molecule is CCc1nc(C(=O)Nc2ccc(CN3CCN(C4CC4)CC3)cn2)nn1-c1ccccc1F. The summed E-state index contributed by atoms with van der Waals surface area (Å²) in [5.74, 6) is 0.0268. The van der Waals surface area contributed by atoms with Gasteiger partial charge in [-0.05, 0) is 36.6 Å². The molecule has 3 heterocycles. The summed E-state index contributed by atoms with van der Waals surface area (Å²) in [5.41, 5.74) is 1.38. The van der Waals surface area contributed by atoms with Crippen molar-refractivity contribution in [2.45, 2.75) is 38.8 Å². The normalized spacial score (nSPS) is 17.3. The number of hydrogen-bond donors (Lipinski definition) is 1. The summed E-state index contributed by atoms with van der Waals surface area (Å²) in [6.45, 7) is 7.16. The fraction of sp³-hybridized carbons (Fsp3) is 0.417. The molecule has 3 aromatic rings. The van der Waals surface area contributed by atoms with Crippen molar-refractivity contribution >= 4 is 11.7 Å². The van der Waals surface area contributed by atoms with Gasteiger partial charge in [-0.3, -0.25) is 14.6 Å². The lowest BCUT2D eigenvalue weighted by Gasteiger charge is -2.34. The molecule has 33 heavy (non-hydrogen) atoms. The summed E-state index contributed by atoms with van der Waals surface area (Å²) in [6.07, 6.45) is 5.02. The first-order valence-corrected chi connectivity index (χ1v) is 11.5. The number of carbonyl (C=O) groups is 1. The summed E-state index contributed by atoms with van der Waals surface area (Å²) < 4.78 is 15.6. The average molecular weight is 450 g/mol. The number of rotatable bonds is 7. The number of piperazine rings is 1. The van der Waals surface area contributed by atoms with Gasteiger partial charge in [0.2, 0.25) is 5.82 Å². The molecule has 1 aliphatic carbocycles. The fourth-order valence-corrected chi connectivity index (χ4v) is 4.23. The number of aryl methyl sites for hydroxylation is 1. The van der Waals surface area contributed by atoms with Crippen LogP contribution < -0.4 is 5.32 Å². The highest BCUT2D eigenvalue weighted by Gasteiger charge is 2.31. The second-order valence-corrected chi connectivity index (χ2v) is 8.62. The van der Waals surface area contributed by atoms with Crippen molar-refractivity contribution in [2.75, 3.05) is 31.5 Å². The number of anilines is 1. The van der Waals surface area contributed by atoms with E-state index in [9.17, 15) is 9.18 Å². The third kappa shape index (κ3) is 4.94. The molecule has 1 amide bonds. The van der Waals surface area contributed by atoms with Crippen molar-refractivity contribution in [1.82, 2.24) is 29.5 Å². The van der Waals surface area contributed by atoms with Crippen LogP contribution in [-0.2, 0) is 13.0 Å². The molecule has 0 atom stereocenters. The number of aromatic nitrogens is 4. The Labute approximate surface area is 192 Å². The molecule has 1 saturated heterocycles. The number of pyridine rings is 1. The minimum absolute atomic E-state index is 0.0190. The van der Waals surface area contributed by atoms with Crippen molar-refractivity contribution in [3.05, 3.63) is 65.6 Å². The zero-order valence-electron chi connectivity index (χ0n) is 18.7. The van der Waals surface area contributed by atoms with Crippen molar-refractivity contribution in [3.63, 3.8) is 0 Å². The average Bonchev–Trinajstić information content (AvgIpc) is 3.59. The van der Waals surface area contributed by atoms with Crippen molar-refractivity contribution < 1.29 is 9.18 Å². The van der Waals surface area contributed by atoms with Crippen molar-refractivity contribution in [1.29, 1.82) is 0 Å². The van der Waals surface area contributed by atoms with Crippen LogP contribution in [-0.4, -0.2) is 67.7 Å². The van der Waals surface area contributed by atoms with E-state index in [1.165, 1.54) is 23.6 Å². The van der Waals surface area contributed by atoms with E-state index in [2.05, 4.69) is 30.2 Å². The number of para-hydroxylation sites is 1. The Morgan fingerprint density at radius 2 is 1.91 bits per heavy atom. The molecule has 2 fully saturated rings. The van der Waals surface area contributed by atoms with Gasteiger partial charge < -0.3 is 5.32 Å². The molecule has 1 N–H and O–H groups in total. The molecule has 0 bridgehead atoms. The van der Waals surface area contributed by atoms with Crippen molar-refractivity contribution in [2.24, 2.45) is 0 Å². The van der Waals surface area contributed by atoms with Crippen LogP contribution in [0.15, 0.2) is 42.6 Å². The van der Waals surface area contributed by atoms with Gasteiger partial charge >= 0.3 is 0 Å². The minimum Gasteiger partial charge on any atom is -0.304 e. The highest BCUT2D eigenvalue weighted by molar-refractivity contribution is 6.00. The lowest BCUT2D eigenvalue weighted by molar-refractivity contribution is 0.101. The van der Waals surface area contributed by atoms with Crippen LogP contribution in [0.5, 0.6) is 0 Å². The maximum atomic E-state index is 14.2. The van der Waals surface area contributed by atoms with E-state index >= 15 is 0 Å². The number of hydrogen-bond acceptors (Lipinski definition) is 6. The second-order valence-electron chi connectivity index (χ2n) is 8.62. The fourth-order valence-electron chi connectivity index (χ4n) is 4.23. The predicted molar refractivity (Wildman–Crippen MR) is 123 cm³/mol. The molecule has 0 radical (unpaired) electrons. The topological polar surface area (TPSA) is 79.2 Å². The van der Waals surface area contributed by atoms with E-state index in [-0.39, 0.29) is 11.5 Å². The number of nitrogens with zero attached hydrogens (tertiary/aromatic N) is 6. The summed E-state index contributed by atoms with van der Waals surface area (Å²) >= 11 is 0. The number of nitrogens with one attached hydrogen (secondary N) is 1. The molecule has 0 spiro atoms. The van der Waals surface area contributed by atoms with Crippen LogP contribution in [0.2, 0.25) is 0 Å². The summed E-state index contributed by atoms with van der Waals surface area (Å²) in [6, 6.07) is 10.9. The Morgan fingerprint density at radius 3 is 2.58 bits per heavy atom. The van der Waals surface area contributed by atoms with Gasteiger partial charge in [0.05, 0.1) is 0 Å². The molecule has 5 rings (SSSR count). The highest BCUT2D eigenvalue weighted by atomic mass is 19.1. The molecular weight excluding hydrogens is 421 g/mol. The Morgan fingerprint density at radius 1 is 1.12 bits per heavy atom. The van der Waals surface area contributed by atoms with Gasteiger partial charge in [-0.25, -0.2) is 19.0 Å². The van der Waals surface area contributed by atoms with Gasteiger partial charge in [-0.1, -0.05) is 25.1 Å². The molecule has 2 aromatic heterocycles. The smallest absolute Gasteiger partial charge is 0.296 e. The highest BCUT2D eigenvalue weighted by Crippen LogP contribution is 2.27. The molecule has 2 aliphatic rings. The van der Waals surface area contributed by atoms with Crippen LogP contribution >= 0.6 is 0 Å². The monoisotopic (exact) mass is 449 g/mol. The zero-order chi connectivity index (χ0) is 22.8. The van der Waals surface area contributed by atoms with E-state index in [1.54, 1.807) is 30.5 Å². The molecular formula is C24H28FN7O. The summed E-state index contributed by atoms with van der Waals surface area (Å²) in [4.78, 5) is 26.4. The first kappa shape index (κ1) is 21.7. The maximum Gasteiger partial charge on any atom is 0.296 e. The van der Waals surface area contributed by atoms with Crippen molar-refractivity contribution in [3.8, 4) is 5.69 Å². The summed E-state index contributed by atoms with van der Waals surface area (Å²) in [5, 5.41) is 6.98. The number of benzene rings is 1. The van der Waals surface area contributed by atoms with Crippen LogP contribution in [0.3, 0.4) is 0 Å². The predicted octanol–water partition coefficient (Wildman–Crippen LogP) is 2.90. The first-order chi connectivity index (χ1) is 16.1. The molecule has 9 heteroatoms. The van der Waals surface area contributed by atoms with Gasteiger partial charge in [0.25, 0.3) is 5.91 Å². The van der Waals surface area contributed by atoms with Gasteiger partial charge in [0.15, 0.2) is 0 Å². The third-order valence-electron chi connectivity index (χ3n) is 6.22. The standard InChI is InChI=1S/C24H28FN7O/c1-2-22-28-23(29-32(22)20-6-4-3-5-19(20)25)24(33)27-21-10-7-17(15-26-21)16-30-11-13-31(14-12-30)18-8-9-18/h3-7,10,15,18H,2,8-9,11-14,16H2,1H3,(H,26,27,33). The number of halogens is 1. The third-order valence-corrected chi connectivity index (χ3v) is 6.22. The van der Waals surface area contributed by atoms with E-state index < -0.39 is 11.7 Å². The Hall–Kier alpha value is -3.17. The van der Waals surface area contributed by atoms with Crippen LogP contribution in [0.1, 0.15) is 41.8 Å². The summed E-state index contributed by atoms with van der Waals surface area (Å²) in [7, 11) is 0.